The summed E-state index contributed by atoms with van der Waals surface area (Å²) in [6, 6.07) is 7.00. The van der Waals surface area contributed by atoms with E-state index >= 15 is 0 Å². The van der Waals surface area contributed by atoms with Crippen molar-refractivity contribution in [2.75, 3.05) is 17.7 Å². The second-order valence-electron chi connectivity index (χ2n) is 4.91. The number of sulfonamides is 1. The summed E-state index contributed by atoms with van der Waals surface area (Å²) in [4.78, 5) is 13.9. The number of rotatable bonds is 3. The highest BCUT2D eigenvalue weighted by atomic mass is 32.2. The molecule has 0 aliphatic carbocycles. The van der Waals surface area contributed by atoms with Crippen molar-refractivity contribution in [2.45, 2.75) is 25.8 Å². The minimum atomic E-state index is -3.37. The minimum Gasteiger partial charge on any atom is -0.311 e. The van der Waals surface area contributed by atoms with Crippen LogP contribution in [0.25, 0.3) is 0 Å². The molecule has 1 N–H and O–H groups in total. The number of nitrogens with zero attached hydrogens (tertiary/aromatic N) is 1. The summed E-state index contributed by atoms with van der Waals surface area (Å²) in [6.07, 6.45) is 2.41. The van der Waals surface area contributed by atoms with Gasteiger partial charge in [-0.2, -0.15) is 0 Å². The monoisotopic (exact) mass is 282 g/mol. The van der Waals surface area contributed by atoms with Crippen LogP contribution < -0.4 is 9.62 Å². The molecule has 104 valence electrons. The van der Waals surface area contributed by atoms with E-state index in [1.807, 2.05) is 31.2 Å². The lowest BCUT2D eigenvalue weighted by molar-refractivity contribution is -0.121. The Morgan fingerprint density at radius 3 is 2.47 bits per heavy atom. The standard InChI is InChI=1S/C13H18N2O3S/c1-10-5-7-11(8-6-10)15-9-3-4-12(13(15)16)14-19(2,17)18/h5-8,12,14H,3-4,9H2,1-2H3/t12-/m1/s1. The highest BCUT2D eigenvalue weighted by Gasteiger charge is 2.31. The van der Waals surface area contributed by atoms with Gasteiger partial charge < -0.3 is 4.90 Å². The normalized spacial score (nSPS) is 20.6. The summed E-state index contributed by atoms with van der Waals surface area (Å²) in [7, 11) is -3.37. The van der Waals surface area contributed by atoms with Gasteiger partial charge in [0, 0.05) is 12.2 Å². The summed E-state index contributed by atoms with van der Waals surface area (Å²) in [5.74, 6) is -0.180. The predicted molar refractivity (Wildman–Crippen MR) is 74.5 cm³/mol. The molecule has 0 aromatic heterocycles. The lowest BCUT2D eigenvalue weighted by atomic mass is 10.0. The number of hydrogen-bond donors (Lipinski definition) is 1. The van der Waals surface area contributed by atoms with Crippen LogP contribution in [0, 0.1) is 6.92 Å². The molecule has 0 unspecified atom stereocenters. The van der Waals surface area contributed by atoms with E-state index in [2.05, 4.69) is 4.72 Å². The molecule has 1 saturated heterocycles. The van der Waals surface area contributed by atoms with Crippen LogP contribution in [-0.2, 0) is 14.8 Å². The lowest BCUT2D eigenvalue weighted by Gasteiger charge is -2.32. The smallest absolute Gasteiger partial charge is 0.245 e. The van der Waals surface area contributed by atoms with Gasteiger partial charge in [-0.3, -0.25) is 4.79 Å². The molecule has 0 bridgehead atoms. The molecule has 1 aromatic rings. The zero-order chi connectivity index (χ0) is 14.0. The molecule has 1 aliphatic heterocycles. The van der Waals surface area contributed by atoms with Crippen LogP contribution in [0.15, 0.2) is 24.3 Å². The topological polar surface area (TPSA) is 66.5 Å². The lowest BCUT2D eigenvalue weighted by Crippen LogP contribution is -2.52. The third kappa shape index (κ3) is 3.54. The molecular weight excluding hydrogens is 264 g/mol. The third-order valence-corrected chi connectivity index (χ3v) is 3.85. The molecule has 1 aliphatic rings. The summed E-state index contributed by atoms with van der Waals surface area (Å²) in [5, 5.41) is 0. The number of amides is 1. The first-order valence-corrected chi connectivity index (χ1v) is 8.11. The van der Waals surface area contributed by atoms with Gasteiger partial charge in [0.2, 0.25) is 15.9 Å². The van der Waals surface area contributed by atoms with Crippen molar-refractivity contribution in [3.63, 3.8) is 0 Å². The maximum Gasteiger partial charge on any atom is 0.245 e. The Hall–Kier alpha value is -1.40. The highest BCUT2D eigenvalue weighted by Crippen LogP contribution is 2.21. The van der Waals surface area contributed by atoms with E-state index in [9.17, 15) is 13.2 Å². The van der Waals surface area contributed by atoms with Gasteiger partial charge in [-0.25, -0.2) is 13.1 Å². The average molecular weight is 282 g/mol. The first kappa shape index (κ1) is 14.0. The number of aryl methyl sites for hydroxylation is 1. The molecule has 0 spiro atoms. The second-order valence-corrected chi connectivity index (χ2v) is 6.69. The molecule has 1 heterocycles. The van der Waals surface area contributed by atoms with Crippen LogP contribution in [0.3, 0.4) is 0 Å². The van der Waals surface area contributed by atoms with E-state index in [-0.39, 0.29) is 5.91 Å². The Labute approximate surface area is 113 Å². The van der Waals surface area contributed by atoms with Crippen molar-refractivity contribution in [2.24, 2.45) is 0 Å². The van der Waals surface area contributed by atoms with Crippen molar-refractivity contribution in [1.29, 1.82) is 0 Å². The largest absolute Gasteiger partial charge is 0.311 e. The van der Waals surface area contributed by atoms with Gasteiger partial charge in [-0.1, -0.05) is 17.7 Å². The van der Waals surface area contributed by atoms with E-state index in [4.69, 9.17) is 0 Å². The van der Waals surface area contributed by atoms with E-state index in [1.54, 1.807) is 4.90 Å². The quantitative estimate of drug-likeness (QED) is 0.900. The molecule has 2 rings (SSSR count). The Bertz CT molecular complexity index is 566. The summed E-state index contributed by atoms with van der Waals surface area (Å²) >= 11 is 0. The molecule has 0 radical (unpaired) electrons. The van der Waals surface area contributed by atoms with Crippen LogP contribution >= 0.6 is 0 Å². The van der Waals surface area contributed by atoms with Crippen LogP contribution in [0.1, 0.15) is 18.4 Å². The van der Waals surface area contributed by atoms with Crippen LogP contribution in [0.4, 0.5) is 5.69 Å². The summed E-state index contributed by atoms with van der Waals surface area (Å²) in [6.45, 7) is 2.61. The van der Waals surface area contributed by atoms with Gasteiger partial charge in [0.1, 0.15) is 6.04 Å². The molecular formula is C13H18N2O3S. The first-order valence-electron chi connectivity index (χ1n) is 6.22. The number of piperidine rings is 1. The number of anilines is 1. The van der Waals surface area contributed by atoms with Crippen LogP contribution in [0.2, 0.25) is 0 Å². The SMILES string of the molecule is Cc1ccc(N2CCC[C@@H](NS(C)(=O)=O)C2=O)cc1. The van der Waals surface area contributed by atoms with Crippen LogP contribution in [0.5, 0.6) is 0 Å². The van der Waals surface area contributed by atoms with Crippen molar-refractivity contribution >= 4 is 21.6 Å². The van der Waals surface area contributed by atoms with Crippen molar-refractivity contribution in [3.8, 4) is 0 Å². The van der Waals surface area contributed by atoms with Gasteiger partial charge >= 0.3 is 0 Å². The molecule has 1 atom stereocenters. The molecule has 0 saturated carbocycles. The van der Waals surface area contributed by atoms with E-state index < -0.39 is 16.1 Å². The third-order valence-electron chi connectivity index (χ3n) is 3.14. The summed E-state index contributed by atoms with van der Waals surface area (Å²) < 4.78 is 24.9. The molecule has 1 fully saturated rings. The van der Waals surface area contributed by atoms with E-state index in [0.717, 1.165) is 23.9 Å². The number of carbonyl (C=O) groups excluding carboxylic acids is 1. The van der Waals surface area contributed by atoms with Gasteiger partial charge in [0.25, 0.3) is 0 Å². The zero-order valence-electron chi connectivity index (χ0n) is 11.1. The van der Waals surface area contributed by atoms with E-state index in [1.165, 1.54) is 0 Å². The van der Waals surface area contributed by atoms with Crippen LogP contribution in [-0.4, -0.2) is 33.2 Å². The van der Waals surface area contributed by atoms with Crippen molar-refractivity contribution in [1.82, 2.24) is 4.72 Å². The predicted octanol–water partition coefficient (Wildman–Crippen LogP) is 1.04. The summed E-state index contributed by atoms with van der Waals surface area (Å²) in [5.41, 5.74) is 1.94. The maximum absolute atomic E-state index is 12.3. The molecule has 5 nitrogen and oxygen atoms in total. The van der Waals surface area contributed by atoms with Crippen molar-refractivity contribution in [3.05, 3.63) is 29.8 Å². The van der Waals surface area contributed by atoms with Gasteiger partial charge in [0.15, 0.2) is 0 Å². The molecule has 1 aromatic carbocycles. The van der Waals surface area contributed by atoms with Gasteiger partial charge in [0.05, 0.1) is 6.26 Å². The first-order chi connectivity index (χ1) is 8.87. The number of nitrogens with one attached hydrogen (secondary N) is 1. The minimum absolute atomic E-state index is 0.180. The molecule has 1 amide bonds. The fourth-order valence-electron chi connectivity index (χ4n) is 2.22. The van der Waals surface area contributed by atoms with Gasteiger partial charge in [-0.15, -0.1) is 0 Å². The fourth-order valence-corrected chi connectivity index (χ4v) is 2.96. The Balaban J connectivity index is 2.18. The highest BCUT2D eigenvalue weighted by molar-refractivity contribution is 7.88. The van der Waals surface area contributed by atoms with E-state index in [0.29, 0.717) is 13.0 Å². The number of benzene rings is 1. The maximum atomic E-state index is 12.3. The second kappa shape index (κ2) is 5.30. The number of hydrogen-bond acceptors (Lipinski definition) is 3. The number of carbonyl (C=O) groups is 1. The zero-order valence-corrected chi connectivity index (χ0v) is 11.9. The van der Waals surface area contributed by atoms with Gasteiger partial charge in [-0.05, 0) is 31.9 Å². The molecule has 6 heteroatoms. The Morgan fingerprint density at radius 1 is 1.26 bits per heavy atom. The molecule has 19 heavy (non-hydrogen) atoms. The Morgan fingerprint density at radius 2 is 1.89 bits per heavy atom. The average Bonchev–Trinajstić information content (AvgIpc) is 2.32. The Kier molecular flexibility index (Phi) is 3.91. The van der Waals surface area contributed by atoms with Crippen molar-refractivity contribution < 1.29 is 13.2 Å². The fraction of sp³-hybridized carbons (Fsp3) is 0.462.